The molecule has 0 radical (unpaired) electrons. The molecule has 5 rings (SSSR count). The largest absolute Gasteiger partial charge is 0.416 e. The molecule has 0 saturated carbocycles. The summed E-state index contributed by atoms with van der Waals surface area (Å²) in [5.74, 6) is -0.512. The number of nitrogens with one attached hydrogen (secondary N) is 2. The van der Waals surface area contributed by atoms with Gasteiger partial charge in [-0.15, -0.1) is 0 Å². The van der Waals surface area contributed by atoms with Crippen LogP contribution in [0.4, 0.5) is 19.0 Å². The van der Waals surface area contributed by atoms with E-state index in [0.717, 1.165) is 23.4 Å². The molecule has 1 atom stereocenters. The van der Waals surface area contributed by atoms with Crippen LogP contribution in [0, 0.1) is 6.92 Å². The van der Waals surface area contributed by atoms with Crippen molar-refractivity contribution in [3.05, 3.63) is 119 Å². The summed E-state index contributed by atoms with van der Waals surface area (Å²) in [5.41, 5.74) is 2.79. The Morgan fingerprint density at radius 1 is 0.878 bits per heavy atom. The fraction of sp³-hybridized carbons (Fsp3) is 0.129. The zero-order valence-corrected chi connectivity index (χ0v) is 22.0. The Morgan fingerprint density at radius 3 is 2.37 bits per heavy atom. The quantitative estimate of drug-likeness (QED) is 0.241. The van der Waals surface area contributed by atoms with Gasteiger partial charge in [-0.05, 0) is 80.1 Å². The number of carbonyl (C=O) groups excluding carboxylic acids is 2. The van der Waals surface area contributed by atoms with E-state index in [1.807, 2.05) is 26.0 Å². The van der Waals surface area contributed by atoms with Crippen molar-refractivity contribution in [2.75, 3.05) is 5.32 Å². The van der Waals surface area contributed by atoms with Crippen molar-refractivity contribution in [2.24, 2.45) is 0 Å². The number of hydrogen-bond acceptors (Lipinski definition) is 5. The predicted molar refractivity (Wildman–Crippen MR) is 149 cm³/mol. The number of benzene rings is 2. The van der Waals surface area contributed by atoms with E-state index in [-0.39, 0.29) is 29.0 Å². The third-order valence-corrected chi connectivity index (χ3v) is 6.46. The van der Waals surface area contributed by atoms with Gasteiger partial charge in [-0.2, -0.15) is 13.2 Å². The Balaban J connectivity index is 1.31. The number of alkyl halides is 3. The lowest BCUT2D eigenvalue weighted by atomic mass is 10.0. The lowest BCUT2D eigenvalue weighted by Gasteiger charge is -2.14. The normalized spacial score (nSPS) is 12.1. The Bertz CT molecular complexity index is 1740. The minimum atomic E-state index is -4.47. The van der Waals surface area contributed by atoms with Crippen LogP contribution in [0.25, 0.3) is 22.2 Å². The molecule has 0 aliphatic carbocycles. The van der Waals surface area contributed by atoms with Gasteiger partial charge in [-0.3, -0.25) is 19.6 Å². The number of nitrogens with zero attached hydrogens (tertiary/aromatic N) is 3. The van der Waals surface area contributed by atoms with Gasteiger partial charge in [0, 0.05) is 28.9 Å². The van der Waals surface area contributed by atoms with Crippen LogP contribution in [0.3, 0.4) is 0 Å². The van der Waals surface area contributed by atoms with Crippen molar-refractivity contribution in [2.45, 2.75) is 26.1 Å². The molecule has 3 heterocycles. The standard InChI is InChI=1S/C31H24F3N5O2/c1-18-5-12-25(36-17-18)19(2)37-29(40)22-8-13-26-21(16-22)9-14-27(38-26)39-30(41)24-4-3-15-35-28(24)20-6-10-23(11-7-20)31(32,33)34/h3-17,19H,1-2H3,(H,37,40)(H,38,39,41)/t19-/m1/s1. The minimum Gasteiger partial charge on any atom is -0.344 e. The molecule has 3 aromatic heterocycles. The summed E-state index contributed by atoms with van der Waals surface area (Å²) >= 11 is 0. The molecule has 2 N–H and O–H groups in total. The molecule has 0 aliphatic heterocycles. The SMILES string of the molecule is Cc1ccc([C@@H](C)NC(=O)c2ccc3nc(NC(=O)c4cccnc4-c4ccc(C(F)(F)F)cc4)ccc3c2)nc1. The molecule has 0 spiro atoms. The molecule has 2 aromatic carbocycles. The fourth-order valence-electron chi connectivity index (χ4n) is 4.25. The van der Waals surface area contributed by atoms with E-state index in [4.69, 9.17) is 0 Å². The Kier molecular flexibility index (Phi) is 7.47. The van der Waals surface area contributed by atoms with Gasteiger partial charge in [-0.1, -0.05) is 18.2 Å². The molecule has 206 valence electrons. The maximum Gasteiger partial charge on any atom is 0.416 e. The van der Waals surface area contributed by atoms with Crippen molar-refractivity contribution in [1.82, 2.24) is 20.3 Å². The highest BCUT2D eigenvalue weighted by molar-refractivity contribution is 6.08. The predicted octanol–water partition coefficient (Wildman–Crippen LogP) is 6.76. The van der Waals surface area contributed by atoms with Gasteiger partial charge in [-0.25, -0.2) is 4.98 Å². The first kappa shape index (κ1) is 27.4. The monoisotopic (exact) mass is 555 g/mol. The second kappa shape index (κ2) is 11.2. The number of fused-ring (bicyclic) bond motifs is 1. The van der Waals surface area contributed by atoms with Crippen LogP contribution in [-0.2, 0) is 6.18 Å². The van der Waals surface area contributed by atoms with E-state index in [2.05, 4.69) is 25.6 Å². The number of pyridine rings is 3. The smallest absolute Gasteiger partial charge is 0.344 e. The molecular weight excluding hydrogens is 531 g/mol. The van der Waals surface area contributed by atoms with Gasteiger partial charge in [0.05, 0.1) is 34.1 Å². The number of hydrogen-bond donors (Lipinski definition) is 2. The highest BCUT2D eigenvalue weighted by Gasteiger charge is 2.30. The molecule has 10 heteroatoms. The van der Waals surface area contributed by atoms with Gasteiger partial charge in [0.15, 0.2) is 0 Å². The molecule has 0 fully saturated rings. The van der Waals surface area contributed by atoms with Crippen LogP contribution >= 0.6 is 0 Å². The minimum absolute atomic E-state index is 0.179. The molecular formula is C31H24F3N5O2. The van der Waals surface area contributed by atoms with Crippen molar-refractivity contribution in [3.8, 4) is 11.3 Å². The Morgan fingerprint density at radius 2 is 1.66 bits per heavy atom. The van der Waals surface area contributed by atoms with Crippen molar-refractivity contribution >= 4 is 28.5 Å². The van der Waals surface area contributed by atoms with Gasteiger partial charge >= 0.3 is 6.18 Å². The number of aryl methyl sites for hydroxylation is 1. The Labute approximate surface area is 233 Å². The third kappa shape index (κ3) is 6.22. The van der Waals surface area contributed by atoms with Gasteiger partial charge < -0.3 is 10.6 Å². The van der Waals surface area contributed by atoms with E-state index >= 15 is 0 Å². The van der Waals surface area contributed by atoms with E-state index in [0.29, 0.717) is 22.0 Å². The van der Waals surface area contributed by atoms with Crippen molar-refractivity contribution in [1.29, 1.82) is 0 Å². The lowest BCUT2D eigenvalue weighted by Crippen LogP contribution is -2.27. The maximum absolute atomic E-state index is 13.1. The molecule has 41 heavy (non-hydrogen) atoms. The lowest BCUT2D eigenvalue weighted by molar-refractivity contribution is -0.137. The highest BCUT2D eigenvalue weighted by atomic mass is 19.4. The highest BCUT2D eigenvalue weighted by Crippen LogP contribution is 2.31. The first-order chi connectivity index (χ1) is 19.6. The zero-order chi connectivity index (χ0) is 29.1. The van der Waals surface area contributed by atoms with Crippen LogP contribution < -0.4 is 10.6 Å². The van der Waals surface area contributed by atoms with Crippen LogP contribution in [0.5, 0.6) is 0 Å². The molecule has 5 aromatic rings. The summed E-state index contributed by atoms with van der Waals surface area (Å²) in [6.45, 7) is 3.80. The Hall–Kier alpha value is -5.12. The van der Waals surface area contributed by atoms with Crippen LogP contribution in [0.1, 0.15) is 50.5 Å². The van der Waals surface area contributed by atoms with Gasteiger partial charge in [0.25, 0.3) is 11.8 Å². The summed E-state index contributed by atoms with van der Waals surface area (Å²) in [6.07, 6.45) is -1.25. The molecule has 7 nitrogen and oxygen atoms in total. The van der Waals surface area contributed by atoms with Gasteiger partial charge in [0.2, 0.25) is 0 Å². The third-order valence-electron chi connectivity index (χ3n) is 6.46. The van der Waals surface area contributed by atoms with E-state index < -0.39 is 17.6 Å². The first-order valence-corrected chi connectivity index (χ1v) is 12.7. The summed E-state index contributed by atoms with van der Waals surface area (Å²) in [6, 6.07) is 19.5. The molecule has 0 unspecified atom stereocenters. The van der Waals surface area contributed by atoms with Gasteiger partial charge in [0.1, 0.15) is 5.82 Å². The summed E-state index contributed by atoms with van der Waals surface area (Å²) in [5, 5.41) is 6.36. The summed E-state index contributed by atoms with van der Waals surface area (Å²) < 4.78 is 38.9. The number of halogens is 3. The second-order valence-corrected chi connectivity index (χ2v) is 9.49. The topological polar surface area (TPSA) is 96.9 Å². The maximum atomic E-state index is 13.1. The van der Waals surface area contributed by atoms with Crippen LogP contribution in [-0.4, -0.2) is 26.8 Å². The average Bonchev–Trinajstić information content (AvgIpc) is 2.96. The van der Waals surface area contributed by atoms with Crippen LogP contribution in [0.2, 0.25) is 0 Å². The number of aromatic nitrogens is 3. The van der Waals surface area contributed by atoms with E-state index in [1.165, 1.54) is 24.4 Å². The second-order valence-electron chi connectivity index (χ2n) is 9.49. The molecule has 2 amide bonds. The number of carbonyl (C=O) groups is 2. The van der Waals surface area contributed by atoms with E-state index in [9.17, 15) is 22.8 Å². The van der Waals surface area contributed by atoms with E-state index in [1.54, 1.807) is 42.6 Å². The number of anilines is 1. The fourth-order valence-corrected chi connectivity index (χ4v) is 4.25. The first-order valence-electron chi connectivity index (χ1n) is 12.7. The van der Waals surface area contributed by atoms with Crippen molar-refractivity contribution in [3.63, 3.8) is 0 Å². The van der Waals surface area contributed by atoms with Crippen LogP contribution in [0.15, 0.2) is 91.3 Å². The number of rotatable bonds is 6. The molecule has 0 bridgehead atoms. The summed E-state index contributed by atoms with van der Waals surface area (Å²) in [4.78, 5) is 39.0. The average molecular weight is 556 g/mol. The molecule has 0 aliphatic rings. The number of amides is 2. The van der Waals surface area contributed by atoms with Crippen molar-refractivity contribution < 1.29 is 22.8 Å². The molecule has 0 saturated heterocycles. The summed E-state index contributed by atoms with van der Waals surface area (Å²) in [7, 11) is 0. The zero-order valence-electron chi connectivity index (χ0n) is 22.0.